The van der Waals surface area contributed by atoms with Crippen LogP contribution in [-0.4, -0.2) is 12.0 Å². The first kappa shape index (κ1) is 22.3. The van der Waals surface area contributed by atoms with Gasteiger partial charge in [-0.15, -0.1) is 0 Å². The zero-order chi connectivity index (χ0) is 20.1. The number of benzene rings is 2. The van der Waals surface area contributed by atoms with Gasteiger partial charge in [0, 0.05) is 15.6 Å². The number of aryl methyl sites for hydroxylation is 2. The Kier molecular flexibility index (Phi) is 7.91. The number of allylic oxidation sites excluding steroid dienone is 2. The number of alkyl halides is 3. The molecule has 0 bridgehead atoms. The van der Waals surface area contributed by atoms with Crippen molar-refractivity contribution in [1.29, 1.82) is 0 Å². The molecule has 0 N–H and O–H groups in total. The van der Waals surface area contributed by atoms with Crippen molar-refractivity contribution in [3.8, 4) is 0 Å². The Hall–Kier alpha value is -1.78. The summed E-state index contributed by atoms with van der Waals surface area (Å²) in [6.45, 7) is 7.64. The number of hydrogen-bond acceptors (Lipinski definition) is 1. The Morgan fingerprint density at radius 3 is 1.88 bits per heavy atom. The summed E-state index contributed by atoms with van der Waals surface area (Å²) in [5.74, 6) is -0.735. The van der Waals surface area contributed by atoms with E-state index in [9.17, 15) is 18.0 Å². The molecule has 0 aliphatic carbocycles. The van der Waals surface area contributed by atoms with Crippen molar-refractivity contribution in [2.75, 3.05) is 0 Å². The van der Waals surface area contributed by atoms with Crippen LogP contribution in [0.5, 0.6) is 0 Å². The van der Waals surface area contributed by atoms with Gasteiger partial charge in [0.05, 0.1) is 5.57 Å². The fourth-order valence-electron chi connectivity index (χ4n) is 2.15. The highest BCUT2D eigenvalue weighted by atomic mass is 35.5. The highest BCUT2D eigenvalue weighted by molar-refractivity contribution is 6.35. The van der Waals surface area contributed by atoms with E-state index >= 15 is 0 Å². The largest absolute Gasteiger partial charge is 0.417 e. The molecule has 0 fully saturated rings. The van der Waals surface area contributed by atoms with Crippen molar-refractivity contribution in [3.63, 3.8) is 0 Å². The SMILES string of the molecule is CC.Cc1ccc(C(=O)/C=C(/c2cc(Cl)cc(Cl)c2)C(F)(F)F)cc1C. The van der Waals surface area contributed by atoms with Gasteiger partial charge in [-0.3, -0.25) is 4.79 Å². The smallest absolute Gasteiger partial charge is 0.289 e. The summed E-state index contributed by atoms with van der Waals surface area (Å²) in [6, 6.07) is 8.33. The Bertz CT molecular complexity index is 804. The first-order chi connectivity index (χ1) is 12.1. The number of carbonyl (C=O) groups excluding carboxylic acids is 1. The standard InChI is InChI=1S/C18H13Cl2F3O.C2H6/c1-10-3-4-12(5-11(10)2)17(24)9-16(18(21,22)23)13-6-14(19)8-15(20)7-13;1-2/h3-9H,1-2H3;1-2H3/b16-9-;. The Morgan fingerprint density at radius 1 is 0.885 bits per heavy atom. The van der Waals surface area contributed by atoms with Crippen LogP contribution in [0.1, 0.15) is 40.9 Å². The summed E-state index contributed by atoms with van der Waals surface area (Å²) in [6.07, 6.45) is -4.14. The highest BCUT2D eigenvalue weighted by Crippen LogP contribution is 2.36. The summed E-state index contributed by atoms with van der Waals surface area (Å²) >= 11 is 11.5. The third-order valence-corrected chi connectivity index (χ3v) is 3.98. The molecule has 0 radical (unpaired) electrons. The summed E-state index contributed by atoms with van der Waals surface area (Å²) in [4.78, 5) is 12.3. The molecule has 2 rings (SSSR count). The minimum Gasteiger partial charge on any atom is -0.289 e. The van der Waals surface area contributed by atoms with Crippen LogP contribution in [0.2, 0.25) is 10.0 Å². The molecular formula is C20H19Cl2F3O. The lowest BCUT2D eigenvalue weighted by Gasteiger charge is -2.13. The molecular weight excluding hydrogens is 384 g/mol. The van der Waals surface area contributed by atoms with Crippen LogP contribution in [-0.2, 0) is 0 Å². The van der Waals surface area contributed by atoms with E-state index in [0.29, 0.717) is 6.08 Å². The zero-order valence-electron chi connectivity index (χ0n) is 14.8. The average molecular weight is 403 g/mol. The second-order valence-corrected chi connectivity index (χ2v) is 6.25. The molecule has 0 aliphatic heterocycles. The van der Waals surface area contributed by atoms with Gasteiger partial charge in [-0.2, -0.15) is 13.2 Å². The predicted molar refractivity (Wildman–Crippen MR) is 102 cm³/mol. The van der Waals surface area contributed by atoms with Crippen molar-refractivity contribution in [3.05, 3.63) is 74.8 Å². The predicted octanol–water partition coefficient (Wildman–Crippen LogP) is 7.47. The van der Waals surface area contributed by atoms with Gasteiger partial charge in [0.25, 0.3) is 0 Å². The summed E-state index contributed by atoms with van der Waals surface area (Å²) in [7, 11) is 0. The van der Waals surface area contributed by atoms with Crippen molar-refractivity contribution in [2.24, 2.45) is 0 Å². The Morgan fingerprint density at radius 2 is 1.42 bits per heavy atom. The van der Waals surface area contributed by atoms with Gasteiger partial charge in [0.2, 0.25) is 0 Å². The lowest BCUT2D eigenvalue weighted by atomic mass is 9.99. The number of hydrogen-bond donors (Lipinski definition) is 0. The fraction of sp³-hybridized carbons (Fsp3) is 0.250. The van der Waals surface area contributed by atoms with Gasteiger partial charge < -0.3 is 0 Å². The molecule has 2 aromatic rings. The summed E-state index contributed by atoms with van der Waals surface area (Å²) < 4.78 is 40.1. The van der Waals surface area contributed by atoms with Gasteiger partial charge in [-0.05, 0) is 60.9 Å². The van der Waals surface area contributed by atoms with Crippen LogP contribution in [0.3, 0.4) is 0 Å². The number of carbonyl (C=O) groups is 1. The Balaban J connectivity index is 0.00000163. The average Bonchev–Trinajstić information content (AvgIpc) is 2.54. The van der Waals surface area contributed by atoms with E-state index < -0.39 is 17.5 Å². The first-order valence-electron chi connectivity index (χ1n) is 7.95. The first-order valence-corrected chi connectivity index (χ1v) is 8.70. The van der Waals surface area contributed by atoms with E-state index in [1.54, 1.807) is 19.1 Å². The van der Waals surface area contributed by atoms with Gasteiger partial charge in [0.1, 0.15) is 0 Å². The minimum atomic E-state index is -4.72. The molecule has 0 atom stereocenters. The van der Waals surface area contributed by atoms with E-state index in [0.717, 1.165) is 23.3 Å². The van der Waals surface area contributed by atoms with Crippen LogP contribution in [0.25, 0.3) is 5.57 Å². The minimum absolute atomic E-state index is 0.0614. The van der Waals surface area contributed by atoms with Crippen LogP contribution < -0.4 is 0 Å². The maximum atomic E-state index is 13.4. The molecule has 140 valence electrons. The molecule has 0 aromatic heterocycles. The molecule has 26 heavy (non-hydrogen) atoms. The van der Waals surface area contributed by atoms with Crippen molar-refractivity contribution < 1.29 is 18.0 Å². The molecule has 2 aromatic carbocycles. The second-order valence-electron chi connectivity index (χ2n) is 5.38. The number of ketones is 1. The maximum Gasteiger partial charge on any atom is 0.417 e. The monoisotopic (exact) mass is 402 g/mol. The normalized spacial score (nSPS) is 11.7. The van der Waals surface area contributed by atoms with Crippen molar-refractivity contribution >= 4 is 34.6 Å². The topological polar surface area (TPSA) is 17.1 Å². The summed E-state index contributed by atoms with van der Waals surface area (Å²) in [5, 5.41) is 0.123. The van der Waals surface area contributed by atoms with Gasteiger partial charge in [-0.1, -0.05) is 49.2 Å². The number of rotatable bonds is 3. The molecule has 0 aliphatic rings. The lowest BCUT2D eigenvalue weighted by Crippen LogP contribution is -2.13. The van der Waals surface area contributed by atoms with Crippen LogP contribution in [0.15, 0.2) is 42.5 Å². The lowest BCUT2D eigenvalue weighted by molar-refractivity contribution is -0.0689. The molecule has 0 heterocycles. The quantitative estimate of drug-likeness (QED) is 0.384. The third-order valence-electron chi connectivity index (χ3n) is 3.55. The van der Waals surface area contributed by atoms with Crippen LogP contribution in [0, 0.1) is 13.8 Å². The van der Waals surface area contributed by atoms with E-state index in [-0.39, 0.29) is 21.2 Å². The van der Waals surface area contributed by atoms with Gasteiger partial charge >= 0.3 is 6.18 Å². The van der Waals surface area contributed by atoms with E-state index in [1.165, 1.54) is 12.1 Å². The van der Waals surface area contributed by atoms with Crippen molar-refractivity contribution in [1.82, 2.24) is 0 Å². The molecule has 0 saturated carbocycles. The molecule has 0 saturated heterocycles. The Labute approximate surface area is 161 Å². The number of halogens is 5. The van der Waals surface area contributed by atoms with Crippen LogP contribution >= 0.6 is 23.2 Å². The fourth-order valence-corrected chi connectivity index (χ4v) is 2.67. The molecule has 0 amide bonds. The van der Waals surface area contributed by atoms with Crippen LogP contribution in [0.4, 0.5) is 13.2 Å². The molecule has 0 unspecified atom stereocenters. The zero-order valence-corrected chi connectivity index (χ0v) is 16.4. The molecule has 6 heteroatoms. The maximum absolute atomic E-state index is 13.4. The van der Waals surface area contributed by atoms with E-state index in [4.69, 9.17) is 23.2 Å². The molecule has 1 nitrogen and oxygen atoms in total. The van der Waals surface area contributed by atoms with Crippen molar-refractivity contribution in [2.45, 2.75) is 33.9 Å². The second kappa shape index (κ2) is 9.24. The third kappa shape index (κ3) is 5.89. The highest BCUT2D eigenvalue weighted by Gasteiger charge is 2.35. The van der Waals surface area contributed by atoms with Gasteiger partial charge in [-0.25, -0.2) is 0 Å². The summed E-state index contributed by atoms with van der Waals surface area (Å²) in [5.41, 5.74) is 0.627. The van der Waals surface area contributed by atoms with E-state index in [2.05, 4.69) is 0 Å². The van der Waals surface area contributed by atoms with Gasteiger partial charge in [0.15, 0.2) is 5.78 Å². The van der Waals surface area contributed by atoms with E-state index in [1.807, 2.05) is 20.8 Å². The molecule has 0 spiro atoms.